The summed E-state index contributed by atoms with van der Waals surface area (Å²) in [6.45, 7) is 1.86. The van der Waals surface area contributed by atoms with Gasteiger partial charge in [-0.05, 0) is 74.8 Å². The zero-order valence-corrected chi connectivity index (χ0v) is 14.7. The Morgan fingerprint density at radius 2 is 1.67 bits per heavy atom. The molecule has 0 atom stereocenters. The minimum atomic E-state index is -0.385. The molecule has 0 amide bonds. The van der Waals surface area contributed by atoms with Crippen molar-refractivity contribution in [3.8, 4) is 5.69 Å². The summed E-state index contributed by atoms with van der Waals surface area (Å²) in [5.74, 6) is -0.766. The number of nitrogens with one attached hydrogen (secondary N) is 1. The predicted octanol–water partition coefficient (Wildman–Crippen LogP) is 5.80. The molecule has 0 aliphatic heterocycles. The van der Waals surface area contributed by atoms with Crippen molar-refractivity contribution in [2.75, 3.05) is 0 Å². The molecule has 2 nitrogen and oxygen atoms in total. The molecule has 2 aromatic carbocycles. The van der Waals surface area contributed by atoms with Crippen molar-refractivity contribution in [3.05, 3.63) is 55.2 Å². The Labute approximate surface area is 141 Å². The second-order valence-corrected chi connectivity index (χ2v) is 6.70. The van der Waals surface area contributed by atoms with Gasteiger partial charge in [-0.25, -0.2) is 8.78 Å². The first-order valence-corrected chi connectivity index (χ1v) is 7.93. The molecule has 7 heteroatoms. The number of hydrogen-bond donors (Lipinski definition) is 1. The van der Waals surface area contributed by atoms with Crippen molar-refractivity contribution in [1.29, 1.82) is 0 Å². The topological polar surface area (TPSA) is 20.7 Å². The molecule has 0 bridgehead atoms. The summed E-state index contributed by atoms with van der Waals surface area (Å²) >= 11 is 11.6. The number of imidazole rings is 1. The van der Waals surface area contributed by atoms with E-state index >= 15 is 0 Å². The first kappa shape index (κ1) is 14.9. The molecule has 0 saturated carbocycles. The lowest BCUT2D eigenvalue weighted by Gasteiger charge is -2.10. The van der Waals surface area contributed by atoms with E-state index in [0.29, 0.717) is 30.4 Å². The van der Waals surface area contributed by atoms with Crippen LogP contribution < -0.4 is 0 Å². The summed E-state index contributed by atoms with van der Waals surface area (Å²) in [4.78, 5) is 2.94. The lowest BCUT2D eigenvalue weighted by molar-refractivity contribution is 0.619. The fourth-order valence-electron chi connectivity index (χ4n) is 2.22. The molecule has 21 heavy (non-hydrogen) atoms. The van der Waals surface area contributed by atoms with Gasteiger partial charge in [0.05, 0.1) is 25.7 Å². The molecular weight excluding hydrogens is 426 g/mol. The third kappa shape index (κ3) is 2.47. The number of fused-ring (bicyclic) bond motifs is 1. The minimum absolute atomic E-state index is 0.327. The van der Waals surface area contributed by atoms with Crippen LogP contribution in [-0.2, 0) is 0 Å². The molecule has 0 radical (unpaired) electrons. The van der Waals surface area contributed by atoms with E-state index in [1.807, 2.05) is 6.92 Å². The van der Waals surface area contributed by atoms with Crippen LogP contribution in [0.3, 0.4) is 0 Å². The smallest absolute Gasteiger partial charge is 0.182 e. The number of nitrogens with zero attached hydrogens (tertiary/aromatic N) is 1. The molecule has 1 N–H and O–H groups in total. The van der Waals surface area contributed by atoms with Crippen molar-refractivity contribution in [1.82, 2.24) is 9.55 Å². The molecule has 0 saturated heterocycles. The monoisotopic (exact) mass is 432 g/mol. The number of aromatic nitrogens is 2. The second-order valence-electron chi connectivity index (χ2n) is 4.60. The van der Waals surface area contributed by atoms with Crippen LogP contribution in [0.15, 0.2) is 33.2 Å². The number of rotatable bonds is 1. The Balaban J connectivity index is 2.40. The van der Waals surface area contributed by atoms with E-state index in [1.54, 1.807) is 16.7 Å². The molecule has 3 aromatic rings. The third-order valence-corrected chi connectivity index (χ3v) is 4.70. The van der Waals surface area contributed by atoms with Crippen LogP contribution in [0.2, 0.25) is 0 Å². The Kier molecular flexibility index (Phi) is 3.75. The van der Waals surface area contributed by atoms with Crippen molar-refractivity contribution in [3.63, 3.8) is 0 Å². The van der Waals surface area contributed by atoms with Gasteiger partial charge in [0.2, 0.25) is 0 Å². The number of benzene rings is 2. The summed E-state index contributed by atoms with van der Waals surface area (Å²) in [6.07, 6.45) is 0. The summed E-state index contributed by atoms with van der Waals surface area (Å²) in [6, 6.07) is 6.07. The predicted molar refractivity (Wildman–Crippen MR) is 88.5 cm³/mol. The number of aryl methyl sites for hydroxylation is 1. The van der Waals surface area contributed by atoms with Crippen molar-refractivity contribution in [2.24, 2.45) is 0 Å². The molecule has 1 aromatic heterocycles. The molecule has 0 spiro atoms. The van der Waals surface area contributed by atoms with Gasteiger partial charge in [-0.15, -0.1) is 0 Å². The fourth-order valence-corrected chi connectivity index (χ4v) is 3.31. The van der Waals surface area contributed by atoms with E-state index in [-0.39, 0.29) is 11.6 Å². The minimum Gasteiger partial charge on any atom is -0.330 e. The second kappa shape index (κ2) is 5.30. The van der Waals surface area contributed by atoms with Crippen molar-refractivity contribution < 1.29 is 8.78 Å². The average Bonchev–Trinajstić information content (AvgIpc) is 2.70. The molecule has 0 unspecified atom stereocenters. The SMILES string of the molecule is Cc1cc(Br)c(F)cc1-n1c(=S)[nH]c2cc(F)c(Br)cc21. The van der Waals surface area contributed by atoms with E-state index < -0.39 is 0 Å². The zero-order valence-electron chi connectivity index (χ0n) is 10.7. The van der Waals surface area contributed by atoms with Crippen LogP contribution in [0.1, 0.15) is 5.56 Å². The van der Waals surface area contributed by atoms with Gasteiger partial charge >= 0.3 is 0 Å². The highest BCUT2D eigenvalue weighted by molar-refractivity contribution is 9.10. The molecule has 1 heterocycles. The maximum absolute atomic E-state index is 13.9. The van der Waals surface area contributed by atoms with E-state index in [0.717, 1.165) is 5.56 Å². The van der Waals surface area contributed by atoms with Gasteiger partial charge in [0.1, 0.15) is 11.6 Å². The Morgan fingerprint density at radius 1 is 1.05 bits per heavy atom. The van der Waals surface area contributed by atoms with Crippen LogP contribution in [0.4, 0.5) is 8.78 Å². The quantitative estimate of drug-likeness (QED) is 0.481. The number of H-pyrrole nitrogens is 1. The molecule has 108 valence electrons. The summed E-state index contributed by atoms with van der Waals surface area (Å²) in [5.41, 5.74) is 2.70. The lowest BCUT2D eigenvalue weighted by Crippen LogP contribution is -1.99. The van der Waals surface area contributed by atoms with Gasteiger partial charge < -0.3 is 4.98 Å². The highest BCUT2D eigenvalue weighted by Crippen LogP contribution is 2.29. The van der Waals surface area contributed by atoms with Crippen LogP contribution in [0.25, 0.3) is 16.7 Å². The highest BCUT2D eigenvalue weighted by atomic mass is 79.9. The van der Waals surface area contributed by atoms with Crippen molar-refractivity contribution in [2.45, 2.75) is 6.92 Å². The van der Waals surface area contributed by atoms with E-state index in [1.165, 1.54) is 12.1 Å². The number of halogens is 4. The standard InChI is InChI=1S/C14H8Br2F2N2S/c1-6-2-7(15)10(18)5-12(6)20-13-3-8(16)9(17)4-11(13)19-14(20)21/h2-5H,1H3,(H,19,21). The molecule has 3 rings (SSSR count). The van der Waals surface area contributed by atoms with Gasteiger partial charge in [-0.1, -0.05) is 0 Å². The molecule has 0 aliphatic carbocycles. The third-order valence-electron chi connectivity index (χ3n) is 3.20. The Bertz CT molecular complexity index is 931. The van der Waals surface area contributed by atoms with Gasteiger partial charge in [-0.2, -0.15) is 0 Å². The lowest BCUT2D eigenvalue weighted by atomic mass is 10.2. The molecule has 0 aliphatic rings. The van der Waals surface area contributed by atoms with Crippen molar-refractivity contribution >= 4 is 55.1 Å². The maximum atomic E-state index is 13.9. The van der Waals surface area contributed by atoms with Crippen LogP contribution >= 0.6 is 44.1 Å². The van der Waals surface area contributed by atoms with Gasteiger partial charge in [0, 0.05) is 6.07 Å². The summed E-state index contributed by atoms with van der Waals surface area (Å²) in [7, 11) is 0. The first-order valence-electron chi connectivity index (χ1n) is 5.94. The van der Waals surface area contributed by atoms with Crippen LogP contribution in [0.5, 0.6) is 0 Å². The Morgan fingerprint density at radius 3 is 2.38 bits per heavy atom. The van der Waals surface area contributed by atoms with E-state index in [9.17, 15) is 8.78 Å². The fraction of sp³-hybridized carbons (Fsp3) is 0.0714. The average molecular weight is 434 g/mol. The van der Waals surface area contributed by atoms with Crippen LogP contribution in [-0.4, -0.2) is 9.55 Å². The van der Waals surface area contributed by atoms with E-state index in [2.05, 4.69) is 36.8 Å². The zero-order chi connectivity index (χ0) is 15.3. The molecular formula is C14H8Br2F2N2S. The number of hydrogen-bond acceptors (Lipinski definition) is 1. The maximum Gasteiger partial charge on any atom is 0.182 e. The molecule has 0 fully saturated rings. The Hall–Kier alpha value is -1.05. The largest absolute Gasteiger partial charge is 0.330 e. The van der Waals surface area contributed by atoms with Crippen LogP contribution in [0, 0.1) is 23.3 Å². The number of aromatic amines is 1. The van der Waals surface area contributed by atoms with E-state index in [4.69, 9.17) is 12.2 Å². The first-order chi connectivity index (χ1) is 9.88. The highest BCUT2D eigenvalue weighted by Gasteiger charge is 2.13. The summed E-state index contributed by atoms with van der Waals surface area (Å²) in [5, 5.41) is 0. The van der Waals surface area contributed by atoms with Gasteiger partial charge in [0.25, 0.3) is 0 Å². The van der Waals surface area contributed by atoms with Gasteiger partial charge in [-0.3, -0.25) is 4.57 Å². The normalized spacial score (nSPS) is 11.3. The van der Waals surface area contributed by atoms with Gasteiger partial charge in [0.15, 0.2) is 4.77 Å². The summed E-state index contributed by atoms with van der Waals surface area (Å²) < 4.78 is 30.3.